The van der Waals surface area contributed by atoms with Crippen LogP contribution in [0.3, 0.4) is 0 Å². The Morgan fingerprint density at radius 1 is 1.38 bits per heavy atom. The Morgan fingerprint density at radius 3 is 2.62 bits per heavy atom. The number of hydrogen-bond acceptors (Lipinski definition) is 4. The molecule has 2 heterocycles. The highest BCUT2D eigenvalue weighted by molar-refractivity contribution is 5.76. The quantitative estimate of drug-likeness (QED) is 0.797. The van der Waals surface area contributed by atoms with Crippen molar-refractivity contribution in [2.24, 2.45) is 0 Å². The molecule has 1 fully saturated rings. The number of hydrogen-bond donors (Lipinski definition) is 2. The van der Waals surface area contributed by atoms with Crippen molar-refractivity contribution in [2.75, 3.05) is 13.1 Å². The molecule has 1 aromatic rings. The van der Waals surface area contributed by atoms with E-state index in [0.29, 0.717) is 19.5 Å². The zero-order valence-electron chi connectivity index (χ0n) is 14.0. The molecule has 0 saturated carbocycles. The van der Waals surface area contributed by atoms with Gasteiger partial charge in [-0.05, 0) is 18.6 Å². The van der Waals surface area contributed by atoms with Crippen molar-refractivity contribution in [2.45, 2.75) is 51.2 Å². The lowest BCUT2D eigenvalue weighted by molar-refractivity contribution is -0.137. The van der Waals surface area contributed by atoms with Gasteiger partial charge in [0.25, 0.3) is 0 Å². The smallest absolute Gasteiger partial charge is 0.317 e. The number of carboxylic acids is 1. The first-order chi connectivity index (χ1) is 11.6. The summed E-state index contributed by atoms with van der Waals surface area (Å²) in [5.74, 6) is -0.101. The summed E-state index contributed by atoms with van der Waals surface area (Å²) in [6, 6.07) is 3.14. The topological polar surface area (TPSA) is 91.8 Å². The number of rotatable bonds is 7. The van der Waals surface area contributed by atoms with Gasteiger partial charge in [-0.2, -0.15) is 0 Å². The third kappa shape index (κ3) is 5.72. The van der Waals surface area contributed by atoms with Gasteiger partial charge in [-0.15, -0.1) is 0 Å². The summed E-state index contributed by atoms with van der Waals surface area (Å²) >= 11 is 0. The van der Waals surface area contributed by atoms with Crippen LogP contribution in [0.2, 0.25) is 0 Å². The van der Waals surface area contributed by atoms with Gasteiger partial charge in [0.15, 0.2) is 0 Å². The van der Waals surface area contributed by atoms with Crippen molar-refractivity contribution < 1.29 is 19.4 Å². The molecular formula is C17H25N3O4. The van der Waals surface area contributed by atoms with Crippen LogP contribution in [0.15, 0.2) is 24.5 Å². The fourth-order valence-corrected chi connectivity index (χ4v) is 2.84. The maximum absolute atomic E-state index is 12.3. The number of nitrogens with one attached hydrogen (secondary N) is 1. The number of ether oxygens (including phenoxy) is 1. The van der Waals surface area contributed by atoms with E-state index in [1.165, 1.54) is 0 Å². The number of carbonyl (C=O) groups excluding carboxylic acids is 1. The fraction of sp³-hybridized carbons (Fsp3) is 0.588. The van der Waals surface area contributed by atoms with E-state index in [-0.39, 0.29) is 24.6 Å². The average molecular weight is 335 g/mol. The van der Waals surface area contributed by atoms with Crippen LogP contribution in [0.1, 0.15) is 39.0 Å². The molecule has 2 amide bonds. The molecule has 2 rings (SSSR count). The minimum absolute atomic E-state index is 0.0405. The van der Waals surface area contributed by atoms with Gasteiger partial charge in [0.1, 0.15) is 11.9 Å². The maximum atomic E-state index is 12.3. The number of aliphatic carboxylic acids is 1. The van der Waals surface area contributed by atoms with E-state index < -0.39 is 5.97 Å². The van der Waals surface area contributed by atoms with Gasteiger partial charge in [-0.3, -0.25) is 9.78 Å². The molecule has 0 spiro atoms. The molecule has 1 aliphatic rings. The van der Waals surface area contributed by atoms with E-state index in [9.17, 15) is 9.59 Å². The van der Waals surface area contributed by atoms with Gasteiger partial charge >= 0.3 is 12.0 Å². The maximum Gasteiger partial charge on any atom is 0.317 e. The summed E-state index contributed by atoms with van der Waals surface area (Å²) in [5.41, 5.74) is 0. The number of piperidine rings is 1. The lowest BCUT2D eigenvalue weighted by Gasteiger charge is -2.33. The summed E-state index contributed by atoms with van der Waals surface area (Å²) in [6.45, 7) is 3.18. The van der Waals surface area contributed by atoms with Crippen molar-refractivity contribution in [1.82, 2.24) is 15.2 Å². The Kier molecular flexibility index (Phi) is 6.84. The Labute approximate surface area is 142 Å². The van der Waals surface area contributed by atoms with Crippen LogP contribution in [0.4, 0.5) is 4.79 Å². The van der Waals surface area contributed by atoms with Gasteiger partial charge < -0.3 is 20.1 Å². The average Bonchev–Trinajstić information content (AvgIpc) is 2.56. The zero-order valence-corrected chi connectivity index (χ0v) is 14.0. The molecule has 1 saturated heterocycles. The number of carboxylic acid groups (broad SMARTS) is 1. The Bertz CT molecular complexity index is 530. The van der Waals surface area contributed by atoms with Crippen molar-refractivity contribution in [3.8, 4) is 5.75 Å². The highest BCUT2D eigenvalue weighted by Gasteiger charge is 2.25. The normalized spacial score (nSPS) is 16.5. The highest BCUT2D eigenvalue weighted by atomic mass is 16.5. The second kappa shape index (κ2) is 9.10. The van der Waals surface area contributed by atoms with Crippen LogP contribution in [0, 0.1) is 0 Å². The number of pyridine rings is 1. The van der Waals surface area contributed by atoms with Crippen LogP contribution in [-0.4, -0.2) is 52.2 Å². The number of amides is 2. The molecule has 1 atom stereocenters. The van der Waals surface area contributed by atoms with Gasteiger partial charge in [0, 0.05) is 44.4 Å². The zero-order chi connectivity index (χ0) is 17.4. The predicted octanol–water partition coefficient (Wildman–Crippen LogP) is 2.28. The lowest BCUT2D eigenvalue weighted by Crippen LogP contribution is -2.49. The number of nitrogens with zero attached hydrogens (tertiary/aromatic N) is 2. The van der Waals surface area contributed by atoms with E-state index in [1.807, 2.05) is 19.1 Å². The van der Waals surface area contributed by atoms with E-state index in [1.54, 1.807) is 17.3 Å². The molecule has 2 N–H and O–H groups in total. The highest BCUT2D eigenvalue weighted by Crippen LogP contribution is 2.18. The van der Waals surface area contributed by atoms with Gasteiger partial charge in [0.2, 0.25) is 0 Å². The summed E-state index contributed by atoms with van der Waals surface area (Å²) in [6.07, 6.45) is 6.44. The van der Waals surface area contributed by atoms with E-state index >= 15 is 0 Å². The monoisotopic (exact) mass is 335 g/mol. The second-order valence-corrected chi connectivity index (χ2v) is 6.02. The van der Waals surface area contributed by atoms with Gasteiger partial charge in [-0.25, -0.2) is 4.79 Å². The van der Waals surface area contributed by atoms with Crippen LogP contribution >= 0.6 is 0 Å². The molecule has 7 nitrogen and oxygen atoms in total. The number of aromatic nitrogens is 1. The summed E-state index contributed by atoms with van der Waals surface area (Å²) in [4.78, 5) is 28.9. The minimum atomic E-state index is -0.891. The van der Waals surface area contributed by atoms with Gasteiger partial charge in [0.05, 0.1) is 6.42 Å². The molecule has 0 bridgehead atoms. The van der Waals surface area contributed by atoms with Crippen LogP contribution in [0.5, 0.6) is 5.75 Å². The minimum Gasteiger partial charge on any atom is -0.490 e. The van der Waals surface area contributed by atoms with Crippen molar-refractivity contribution in [3.63, 3.8) is 0 Å². The van der Waals surface area contributed by atoms with Crippen LogP contribution < -0.4 is 10.1 Å². The molecule has 1 aliphatic heterocycles. The van der Waals surface area contributed by atoms with Crippen molar-refractivity contribution in [1.29, 1.82) is 0 Å². The Hall–Kier alpha value is -2.31. The summed E-state index contributed by atoms with van der Waals surface area (Å²) in [7, 11) is 0. The van der Waals surface area contributed by atoms with E-state index in [0.717, 1.165) is 25.0 Å². The largest absolute Gasteiger partial charge is 0.490 e. The third-order valence-corrected chi connectivity index (χ3v) is 4.07. The number of urea groups is 1. The molecule has 132 valence electrons. The molecule has 0 aromatic carbocycles. The van der Waals surface area contributed by atoms with E-state index in [4.69, 9.17) is 9.84 Å². The van der Waals surface area contributed by atoms with E-state index in [2.05, 4.69) is 10.3 Å². The van der Waals surface area contributed by atoms with Crippen molar-refractivity contribution >= 4 is 12.0 Å². The first-order valence-corrected chi connectivity index (χ1v) is 8.42. The molecule has 7 heteroatoms. The molecule has 1 aromatic heterocycles. The first kappa shape index (κ1) is 18.0. The first-order valence-electron chi connectivity index (χ1n) is 8.42. The predicted molar refractivity (Wildman–Crippen MR) is 88.9 cm³/mol. The lowest BCUT2D eigenvalue weighted by atomic mass is 10.1. The molecular weight excluding hydrogens is 310 g/mol. The second-order valence-electron chi connectivity index (χ2n) is 6.02. The van der Waals surface area contributed by atoms with Gasteiger partial charge in [-0.1, -0.05) is 13.3 Å². The fourth-order valence-electron chi connectivity index (χ4n) is 2.84. The number of likely N-dealkylation sites (tertiary alicyclic amines) is 1. The molecule has 0 radical (unpaired) electrons. The summed E-state index contributed by atoms with van der Waals surface area (Å²) < 4.78 is 5.88. The van der Waals surface area contributed by atoms with Crippen LogP contribution in [-0.2, 0) is 4.79 Å². The molecule has 0 aliphatic carbocycles. The number of carbonyl (C=O) groups is 2. The Morgan fingerprint density at radius 2 is 2.04 bits per heavy atom. The third-order valence-electron chi connectivity index (χ3n) is 4.07. The van der Waals surface area contributed by atoms with Crippen molar-refractivity contribution in [3.05, 3.63) is 24.5 Å². The molecule has 24 heavy (non-hydrogen) atoms. The standard InChI is InChI=1S/C17H25N3O4/c1-2-3-13(12-16(21)22)19-17(23)20-10-6-15(7-11-20)24-14-4-8-18-9-5-14/h4-5,8-9,13,15H,2-3,6-7,10-12H2,1H3,(H,19,23)(H,21,22)/t13-/m0/s1. The Balaban J connectivity index is 1.78. The molecule has 0 unspecified atom stereocenters. The SMILES string of the molecule is CCC[C@@H](CC(=O)O)NC(=O)N1CCC(Oc2ccncc2)CC1. The van der Waals surface area contributed by atoms with Crippen LogP contribution in [0.25, 0.3) is 0 Å². The summed E-state index contributed by atoms with van der Waals surface area (Å²) in [5, 5.41) is 11.8.